The molecule has 2 heterocycles. The van der Waals surface area contributed by atoms with Gasteiger partial charge in [0.05, 0.1) is 5.69 Å². The molecule has 0 radical (unpaired) electrons. The second kappa shape index (κ2) is 6.57. The van der Waals surface area contributed by atoms with E-state index in [9.17, 15) is 0 Å². The smallest absolute Gasteiger partial charge is 0.263 e. The lowest BCUT2D eigenvalue weighted by Crippen LogP contribution is -2.10. The maximum atomic E-state index is 5.46. The minimum Gasteiger partial charge on any atom is -0.360 e. The molecule has 0 saturated carbocycles. The van der Waals surface area contributed by atoms with E-state index >= 15 is 0 Å². The van der Waals surface area contributed by atoms with Crippen molar-refractivity contribution in [2.24, 2.45) is 0 Å². The Labute approximate surface area is 141 Å². The summed E-state index contributed by atoms with van der Waals surface area (Å²) >= 11 is 0. The van der Waals surface area contributed by atoms with Crippen molar-refractivity contribution in [2.45, 2.75) is 33.2 Å². The third-order valence-electron chi connectivity index (χ3n) is 3.76. The molecular formula is C18H22N4O2. The van der Waals surface area contributed by atoms with Gasteiger partial charge in [0, 0.05) is 18.0 Å². The molecule has 0 aliphatic heterocycles. The molecule has 6 heteroatoms. The first-order chi connectivity index (χ1) is 11.5. The Morgan fingerprint density at radius 3 is 2.38 bits per heavy atom. The Bertz CT molecular complexity index is 816. The predicted molar refractivity (Wildman–Crippen MR) is 91.4 cm³/mol. The van der Waals surface area contributed by atoms with Crippen LogP contribution in [0.3, 0.4) is 0 Å². The lowest BCUT2D eigenvalue weighted by molar-refractivity contribution is 0.367. The van der Waals surface area contributed by atoms with Crippen molar-refractivity contribution in [1.82, 2.24) is 20.2 Å². The SMILES string of the molecule is Cc1noc(C(C)C)c1-c1nc(-c2ccc(CN(C)C)cc2)no1. The maximum absolute atomic E-state index is 5.46. The Morgan fingerprint density at radius 2 is 1.75 bits per heavy atom. The van der Waals surface area contributed by atoms with Gasteiger partial charge in [0.2, 0.25) is 5.82 Å². The van der Waals surface area contributed by atoms with E-state index in [0.717, 1.165) is 29.1 Å². The molecule has 0 spiro atoms. The van der Waals surface area contributed by atoms with Crippen LogP contribution in [-0.2, 0) is 6.54 Å². The first-order valence-electron chi connectivity index (χ1n) is 8.00. The average molecular weight is 326 g/mol. The van der Waals surface area contributed by atoms with Crippen LogP contribution in [0.25, 0.3) is 22.8 Å². The van der Waals surface area contributed by atoms with Gasteiger partial charge in [-0.1, -0.05) is 48.4 Å². The number of benzene rings is 1. The average Bonchev–Trinajstić information content (AvgIpc) is 3.13. The topological polar surface area (TPSA) is 68.2 Å². The van der Waals surface area contributed by atoms with E-state index in [1.807, 2.05) is 47.0 Å². The molecule has 0 amide bonds. The van der Waals surface area contributed by atoms with Crippen LogP contribution in [0.4, 0.5) is 0 Å². The third kappa shape index (κ3) is 3.23. The summed E-state index contributed by atoms with van der Waals surface area (Å²) in [5.41, 5.74) is 3.72. The van der Waals surface area contributed by atoms with Crippen molar-refractivity contribution >= 4 is 0 Å². The zero-order valence-corrected chi connectivity index (χ0v) is 14.7. The van der Waals surface area contributed by atoms with Gasteiger partial charge < -0.3 is 13.9 Å². The molecule has 0 aliphatic carbocycles. The predicted octanol–water partition coefficient (Wildman–Crippen LogP) is 3.89. The van der Waals surface area contributed by atoms with Gasteiger partial charge in [0.1, 0.15) is 5.56 Å². The molecule has 0 atom stereocenters. The number of nitrogens with zero attached hydrogens (tertiary/aromatic N) is 4. The van der Waals surface area contributed by atoms with Crippen molar-refractivity contribution in [3.8, 4) is 22.8 Å². The minimum atomic E-state index is 0.196. The standard InChI is InChI=1S/C18H22N4O2/c1-11(2)16-15(12(3)20-23-16)18-19-17(21-24-18)14-8-6-13(7-9-14)10-22(4)5/h6-9,11H,10H2,1-5H3. The fourth-order valence-electron chi connectivity index (χ4n) is 2.61. The summed E-state index contributed by atoms with van der Waals surface area (Å²) in [6, 6.07) is 8.18. The molecule has 0 bridgehead atoms. The van der Waals surface area contributed by atoms with Crippen molar-refractivity contribution in [1.29, 1.82) is 0 Å². The molecule has 24 heavy (non-hydrogen) atoms. The van der Waals surface area contributed by atoms with E-state index in [-0.39, 0.29) is 5.92 Å². The number of aryl methyl sites for hydroxylation is 1. The van der Waals surface area contributed by atoms with Crippen LogP contribution in [0.1, 0.15) is 36.8 Å². The normalized spacial score (nSPS) is 11.6. The van der Waals surface area contributed by atoms with Crippen LogP contribution in [0.15, 0.2) is 33.3 Å². The molecule has 126 valence electrons. The van der Waals surface area contributed by atoms with Gasteiger partial charge >= 0.3 is 0 Å². The molecule has 1 aromatic carbocycles. The van der Waals surface area contributed by atoms with Crippen molar-refractivity contribution < 1.29 is 9.05 Å². The van der Waals surface area contributed by atoms with Crippen molar-refractivity contribution in [2.75, 3.05) is 14.1 Å². The molecule has 6 nitrogen and oxygen atoms in total. The van der Waals surface area contributed by atoms with E-state index in [1.54, 1.807) is 0 Å². The second-order valence-corrected chi connectivity index (χ2v) is 6.52. The van der Waals surface area contributed by atoms with Crippen LogP contribution in [0.2, 0.25) is 0 Å². The van der Waals surface area contributed by atoms with Gasteiger partial charge in [-0.25, -0.2) is 0 Å². The number of hydrogen-bond donors (Lipinski definition) is 0. The fraction of sp³-hybridized carbons (Fsp3) is 0.389. The molecule has 0 unspecified atom stereocenters. The summed E-state index contributed by atoms with van der Waals surface area (Å²) in [5, 5.41) is 8.14. The summed E-state index contributed by atoms with van der Waals surface area (Å²) in [6.07, 6.45) is 0. The highest BCUT2D eigenvalue weighted by Gasteiger charge is 2.23. The Balaban J connectivity index is 1.90. The highest BCUT2D eigenvalue weighted by molar-refractivity contribution is 5.63. The van der Waals surface area contributed by atoms with E-state index in [0.29, 0.717) is 11.7 Å². The van der Waals surface area contributed by atoms with Gasteiger partial charge in [0.25, 0.3) is 5.89 Å². The number of hydrogen-bond acceptors (Lipinski definition) is 6. The Morgan fingerprint density at radius 1 is 1.04 bits per heavy atom. The highest BCUT2D eigenvalue weighted by Crippen LogP contribution is 2.32. The first-order valence-corrected chi connectivity index (χ1v) is 8.00. The lowest BCUT2D eigenvalue weighted by Gasteiger charge is -2.09. The molecule has 3 rings (SSSR count). The zero-order chi connectivity index (χ0) is 17.3. The fourth-order valence-corrected chi connectivity index (χ4v) is 2.61. The van der Waals surface area contributed by atoms with Crippen LogP contribution in [-0.4, -0.2) is 34.3 Å². The van der Waals surface area contributed by atoms with Crippen LogP contribution in [0.5, 0.6) is 0 Å². The summed E-state index contributed by atoms with van der Waals surface area (Å²) in [4.78, 5) is 6.66. The van der Waals surface area contributed by atoms with Gasteiger partial charge in [-0.15, -0.1) is 0 Å². The Kier molecular flexibility index (Phi) is 4.49. The molecule has 0 aliphatic rings. The molecular weight excluding hydrogens is 304 g/mol. The van der Waals surface area contributed by atoms with Gasteiger partial charge in [0.15, 0.2) is 5.76 Å². The zero-order valence-electron chi connectivity index (χ0n) is 14.7. The molecule has 2 aromatic heterocycles. The van der Waals surface area contributed by atoms with E-state index in [4.69, 9.17) is 9.05 Å². The van der Waals surface area contributed by atoms with Gasteiger partial charge in [-0.3, -0.25) is 0 Å². The molecule has 0 N–H and O–H groups in total. The molecule has 3 aromatic rings. The number of rotatable bonds is 5. The summed E-state index contributed by atoms with van der Waals surface area (Å²) < 4.78 is 10.9. The lowest BCUT2D eigenvalue weighted by atomic mass is 10.1. The van der Waals surface area contributed by atoms with Crippen LogP contribution in [0, 0.1) is 6.92 Å². The van der Waals surface area contributed by atoms with Gasteiger partial charge in [-0.2, -0.15) is 4.98 Å². The third-order valence-corrected chi connectivity index (χ3v) is 3.76. The monoisotopic (exact) mass is 326 g/mol. The largest absolute Gasteiger partial charge is 0.360 e. The van der Waals surface area contributed by atoms with Crippen molar-refractivity contribution in [3.05, 3.63) is 41.3 Å². The van der Waals surface area contributed by atoms with E-state index in [1.165, 1.54) is 5.56 Å². The molecule has 0 saturated heterocycles. The quantitative estimate of drug-likeness (QED) is 0.708. The number of aromatic nitrogens is 3. The van der Waals surface area contributed by atoms with Crippen LogP contribution >= 0.6 is 0 Å². The van der Waals surface area contributed by atoms with Gasteiger partial charge in [-0.05, 0) is 26.6 Å². The van der Waals surface area contributed by atoms with E-state index in [2.05, 4.69) is 32.3 Å². The maximum Gasteiger partial charge on any atom is 0.263 e. The summed E-state index contributed by atoms with van der Waals surface area (Å²) in [6.45, 7) is 6.87. The summed E-state index contributed by atoms with van der Waals surface area (Å²) in [7, 11) is 4.10. The highest BCUT2D eigenvalue weighted by atomic mass is 16.5. The van der Waals surface area contributed by atoms with Crippen LogP contribution < -0.4 is 0 Å². The molecule has 0 fully saturated rings. The second-order valence-electron chi connectivity index (χ2n) is 6.52. The van der Waals surface area contributed by atoms with Crippen molar-refractivity contribution in [3.63, 3.8) is 0 Å². The first kappa shape index (κ1) is 16.4. The van der Waals surface area contributed by atoms with E-state index < -0.39 is 0 Å². The minimum absolute atomic E-state index is 0.196. The summed E-state index contributed by atoms with van der Waals surface area (Å²) in [5.74, 6) is 1.98. The Hall–Kier alpha value is -2.47.